The SMILES string of the molecule is C/C(C=O)=C(\Cl)c1ccc(Cl)cc1. The summed E-state index contributed by atoms with van der Waals surface area (Å²) in [7, 11) is 0. The minimum atomic E-state index is 0.465. The molecule has 0 bridgehead atoms. The lowest BCUT2D eigenvalue weighted by Gasteiger charge is -2.00. The molecule has 68 valence electrons. The van der Waals surface area contributed by atoms with Gasteiger partial charge in [-0.1, -0.05) is 35.3 Å². The molecular formula is C10H8Cl2O. The van der Waals surface area contributed by atoms with Crippen molar-refractivity contribution in [1.82, 2.24) is 0 Å². The first-order chi connectivity index (χ1) is 6.15. The number of hydrogen-bond acceptors (Lipinski definition) is 1. The Balaban J connectivity index is 3.09. The average Bonchev–Trinajstić information content (AvgIpc) is 2.17. The molecule has 0 aromatic heterocycles. The summed E-state index contributed by atoms with van der Waals surface area (Å²) in [6.45, 7) is 1.67. The predicted molar refractivity (Wildman–Crippen MR) is 56.0 cm³/mol. The molecule has 0 aliphatic heterocycles. The number of carbonyl (C=O) groups excluding carboxylic acids is 1. The van der Waals surface area contributed by atoms with Gasteiger partial charge in [0.15, 0.2) is 0 Å². The first kappa shape index (κ1) is 10.3. The molecule has 0 aliphatic carbocycles. The van der Waals surface area contributed by atoms with E-state index in [1.807, 2.05) is 0 Å². The lowest BCUT2D eigenvalue weighted by molar-refractivity contribution is -0.104. The third kappa shape index (κ3) is 2.58. The molecule has 0 fully saturated rings. The van der Waals surface area contributed by atoms with Gasteiger partial charge in [-0.3, -0.25) is 4.79 Å². The van der Waals surface area contributed by atoms with Crippen molar-refractivity contribution < 1.29 is 4.79 Å². The molecule has 1 nitrogen and oxygen atoms in total. The van der Waals surface area contributed by atoms with Crippen molar-refractivity contribution in [2.24, 2.45) is 0 Å². The van der Waals surface area contributed by atoms with Gasteiger partial charge >= 0.3 is 0 Å². The Morgan fingerprint density at radius 2 is 1.85 bits per heavy atom. The van der Waals surface area contributed by atoms with Crippen molar-refractivity contribution in [2.45, 2.75) is 6.92 Å². The third-order valence-electron chi connectivity index (χ3n) is 1.62. The standard InChI is InChI=1S/C10H8Cl2O/c1-7(6-13)10(12)8-2-4-9(11)5-3-8/h2-6H,1H3/b10-7+. The molecule has 0 atom stereocenters. The number of allylic oxidation sites excluding steroid dienone is 1. The third-order valence-corrected chi connectivity index (χ3v) is 2.39. The maximum atomic E-state index is 10.4. The number of hydrogen-bond donors (Lipinski definition) is 0. The van der Waals surface area contributed by atoms with E-state index in [-0.39, 0.29) is 0 Å². The summed E-state index contributed by atoms with van der Waals surface area (Å²) in [5.41, 5.74) is 1.32. The topological polar surface area (TPSA) is 17.1 Å². The maximum Gasteiger partial charge on any atom is 0.147 e. The molecule has 0 unspecified atom stereocenters. The second-order valence-electron chi connectivity index (χ2n) is 2.62. The summed E-state index contributed by atoms with van der Waals surface area (Å²) in [5, 5.41) is 1.11. The number of carbonyl (C=O) groups is 1. The molecule has 0 aliphatic rings. The summed E-state index contributed by atoms with van der Waals surface area (Å²) in [5.74, 6) is 0. The van der Waals surface area contributed by atoms with Crippen molar-refractivity contribution in [2.75, 3.05) is 0 Å². The summed E-state index contributed by atoms with van der Waals surface area (Å²) in [4.78, 5) is 10.4. The molecule has 0 radical (unpaired) electrons. The molecular weight excluding hydrogens is 207 g/mol. The first-order valence-electron chi connectivity index (χ1n) is 3.72. The Kier molecular flexibility index (Phi) is 3.52. The molecule has 1 aromatic rings. The molecule has 13 heavy (non-hydrogen) atoms. The van der Waals surface area contributed by atoms with Crippen molar-refractivity contribution in [3.63, 3.8) is 0 Å². The second-order valence-corrected chi connectivity index (χ2v) is 3.44. The highest BCUT2D eigenvalue weighted by Gasteiger charge is 2.01. The van der Waals surface area contributed by atoms with E-state index in [0.29, 0.717) is 15.6 Å². The summed E-state index contributed by atoms with van der Waals surface area (Å²) < 4.78 is 0. The summed E-state index contributed by atoms with van der Waals surface area (Å²) in [6, 6.07) is 7.02. The van der Waals surface area contributed by atoms with Crippen LogP contribution in [0.4, 0.5) is 0 Å². The van der Waals surface area contributed by atoms with Crippen LogP contribution in [-0.4, -0.2) is 6.29 Å². The lowest BCUT2D eigenvalue weighted by atomic mass is 10.1. The van der Waals surface area contributed by atoms with Crippen LogP contribution in [0.15, 0.2) is 29.8 Å². The fraction of sp³-hybridized carbons (Fsp3) is 0.100. The Morgan fingerprint density at radius 3 is 2.31 bits per heavy atom. The van der Waals surface area contributed by atoms with Gasteiger partial charge in [-0.15, -0.1) is 0 Å². The van der Waals surface area contributed by atoms with Crippen LogP contribution in [0.25, 0.3) is 5.03 Å². The fourth-order valence-corrected chi connectivity index (χ4v) is 1.17. The monoisotopic (exact) mass is 214 g/mol. The van der Waals surface area contributed by atoms with Crippen LogP contribution >= 0.6 is 23.2 Å². The molecule has 0 spiro atoms. The van der Waals surface area contributed by atoms with Gasteiger partial charge in [0.2, 0.25) is 0 Å². The number of benzene rings is 1. The minimum absolute atomic E-state index is 0.465. The van der Waals surface area contributed by atoms with E-state index in [2.05, 4.69) is 0 Å². The van der Waals surface area contributed by atoms with Gasteiger partial charge in [0.25, 0.3) is 0 Å². The molecule has 1 rings (SSSR count). The van der Waals surface area contributed by atoms with E-state index in [9.17, 15) is 4.79 Å². The Morgan fingerprint density at radius 1 is 1.31 bits per heavy atom. The highest BCUT2D eigenvalue weighted by Crippen LogP contribution is 2.23. The highest BCUT2D eigenvalue weighted by atomic mass is 35.5. The van der Waals surface area contributed by atoms with E-state index < -0.39 is 0 Å². The van der Waals surface area contributed by atoms with Gasteiger partial charge in [-0.25, -0.2) is 0 Å². The van der Waals surface area contributed by atoms with Crippen LogP contribution in [0.2, 0.25) is 5.02 Å². The van der Waals surface area contributed by atoms with E-state index in [1.54, 1.807) is 31.2 Å². The van der Waals surface area contributed by atoms with Gasteiger partial charge in [0, 0.05) is 10.6 Å². The Bertz CT molecular complexity index is 338. The largest absolute Gasteiger partial charge is 0.298 e. The highest BCUT2D eigenvalue weighted by molar-refractivity contribution is 6.50. The zero-order chi connectivity index (χ0) is 9.84. The molecule has 0 saturated heterocycles. The summed E-state index contributed by atoms with van der Waals surface area (Å²) >= 11 is 11.6. The van der Waals surface area contributed by atoms with Crippen molar-refractivity contribution in [3.05, 3.63) is 40.4 Å². The minimum Gasteiger partial charge on any atom is -0.298 e. The van der Waals surface area contributed by atoms with Gasteiger partial charge in [0.05, 0.1) is 5.03 Å². The molecule has 3 heteroatoms. The molecule has 1 aromatic carbocycles. The van der Waals surface area contributed by atoms with E-state index in [1.165, 1.54) is 0 Å². The van der Waals surface area contributed by atoms with Crippen LogP contribution < -0.4 is 0 Å². The first-order valence-corrected chi connectivity index (χ1v) is 4.48. The Labute approximate surface area is 87.0 Å². The van der Waals surface area contributed by atoms with Crippen LogP contribution in [0.1, 0.15) is 12.5 Å². The molecule has 0 N–H and O–H groups in total. The van der Waals surface area contributed by atoms with E-state index in [4.69, 9.17) is 23.2 Å². The van der Waals surface area contributed by atoms with E-state index in [0.717, 1.165) is 11.8 Å². The number of halogens is 2. The van der Waals surface area contributed by atoms with Crippen LogP contribution in [-0.2, 0) is 4.79 Å². The lowest BCUT2D eigenvalue weighted by Crippen LogP contribution is -1.83. The van der Waals surface area contributed by atoms with Gasteiger partial charge in [-0.05, 0) is 24.6 Å². The summed E-state index contributed by atoms with van der Waals surface area (Å²) in [6.07, 6.45) is 0.733. The quantitative estimate of drug-likeness (QED) is 0.545. The van der Waals surface area contributed by atoms with Crippen LogP contribution in [0.5, 0.6) is 0 Å². The number of rotatable bonds is 2. The normalized spacial score (nSPS) is 12.2. The van der Waals surface area contributed by atoms with E-state index >= 15 is 0 Å². The maximum absolute atomic E-state index is 10.4. The van der Waals surface area contributed by atoms with Crippen molar-refractivity contribution in [3.8, 4) is 0 Å². The Hall–Kier alpha value is -0.790. The molecule has 0 amide bonds. The van der Waals surface area contributed by atoms with Gasteiger partial charge < -0.3 is 0 Å². The fourth-order valence-electron chi connectivity index (χ4n) is 0.876. The average molecular weight is 215 g/mol. The number of aldehydes is 1. The smallest absolute Gasteiger partial charge is 0.147 e. The van der Waals surface area contributed by atoms with Crippen molar-refractivity contribution in [1.29, 1.82) is 0 Å². The van der Waals surface area contributed by atoms with Crippen LogP contribution in [0.3, 0.4) is 0 Å². The molecule has 0 saturated carbocycles. The molecule has 0 heterocycles. The van der Waals surface area contributed by atoms with Crippen LogP contribution in [0, 0.1) is 0 Å². The zero-order valence-electron chi connectivity index (χ0n) is 7.05. The predicted octanol–water partition coefficient (Wildman–Crippen LogP) is 3.51. The van der Waals surface area contributed by atoms with Gasteiger partial charge in [-0.2, -0.15) is 0 Å². The van der Waals surface area contributed by atoms with Crippen molar-refractivity contribution >= 4 is 34.5 Å². The second kappa shape index (κ2) is 4.45. The van der Waals surface area contributed by atoms with Gasteiger partial charge in [0.1, 0.15) is 6.29 Å². The zero-order valence-corrected chi connectivity index (χ0v) is 8.56.